The Labute approximate surface area is 149 Å². The maximum atomic E-state index is 13.0. The minimum Gasteiger partial charge on any atom is -0.266 e. The van der Waals surface area contributed by atoms with E-state index in [1.165, 1.54) is 43.4 Å². The lowest BCUT2D eigenvalue weighted by Crippen LogP contribution is -2.25. The predicted molar refractivity (Wildman–Crippen MR) is 98.3 cm³/mol. The highest BCUT2D eigenvalue weighted by atomic mass is 35.5. The molecule has 1 saturated carbocycles. The fraction of sp³-hybridized carbons (Fsp3) is 0.389. The van der Waals surface area contributed by atoms with Crippen molar-refractivity contribution < 1.29 is 0 Å². The lowest BCUT2D eigenvalue weighted by Gasteiger charge is -2.22. The van der Waals surface area contributed by atoms with Crippen molar-refractivity contribution in [1.29, 1.82) is 0 Å². The van der Waals surface area contributed by atoms with E-state index in [1.807, 2.05) is 12.1 Å². The Balaban J connectivity index is 1.84. The lowest BCUT2D eigenvalue weighted by molar-refractivity contribution is 0.349. The monoisotopic (exact) mass is 359 g/mol. The summed E-state index contributed by atoms with van der Waals surface area (Å²) >= 11 is 7.43. The van der Waals surface area contributed by atoms with Gasteiger partial charge in [0.25, 0.3) is 5.56 Å². The van der Waals surface area contributed by atoms with E-state index in [2.05, 4.69) is 4.98 Å². The predicted octanol–water partition coefficient (Wildman–Crippen LogP) is 4.62. The number of hydrogen-bond acceptors (Lipinski definition) is 4. The third kappa shape index (κ3) is 2.98. The minimum atomic E-state index is -0.0885. The van der Waals surface area contributed by atoms with Crippen LogP contribution in [0.5, 0.6) is 0 Å². The minimum absolute atomic E-state index is 0.0885. The Kier molecular flexibility index (Phi) is 4.37. The molecular weight excluding hydrogens is 342 g/mol. The third-order valence-corrected chi connectivity index (χ3v) is 5.69. The van der Waals surface area contributed by atoms with Gasteiger partial charge in [0, 0.05) is 11.4 Å². The first-order valence-electron chi connectivity index (χ1n) is 8.33. The molecule has 1 aliphatic rings. The van der Waals surface area contributed by atoms with Crippen LogP contribution < -0.4 is 5.56 Å². The van der Waals surface area contributed by atoms with Gasteiger partial charge >= 0.3 is 0 Å². The molecule has 1 fully saturated rings. The van der Waals surface area contributed by atoms with Crippen molar-refractivity contribution in [3.8, 4) is 5.69 Å². The van der Waals surface area contributed by atoms with Gasteiger partial charge < -0.3 is 0 Å². The molecule has 0 amide bonds. The standard InChI is InChI=1S/C18H18ClN3OS/c19-13-6-8-14(9-7-13)22-15(10-12-4-2-1-3-5-12)21-17-16(18(22)23)20-11-24-17/h6-9,11-12H,1-5,10H2. The van der Waals surface area contributed by atoms with E-state index in [0.717, 1.165) is 22.8 Å². The number of thiazole rings is 1. The van der Waals surface area contributed by atoms with Gasteiger partial charge in [0.1, 0.15) is 5.82 Å². The van der Waals surface area contributed by atoms with E-state index >= 15 is 0 Å². The number of nitrogens with zero attached hydrogens (tertiary/aromatic N) is 3. The molecule has 0 N–H and O–H groups in total. The highest BCUT2D eigenvalue weighted by molar-refractivity contribution is 7.16. The van der Waals surface area contributed by atoms with Crippen LogP contribution in [-0.2, 0) is 6.42 Å². The van der Waals surface area contributed by atoms with Crippen molar-refractivity contribution in [2.75, 3.05) is 0 Å². The zero-order valence-corrected chi connectivity index (χ0v) is 14.8. The second-order valence-electron chi connectivity index (χ2n) is 6.36. The van der Waals surface area contributed by atoms with Crippen molar-refractivity contribution >= 4 is 33.3 Å². The fourth-order valence-corrected chi connectivity index (χ4v) is 4.29. The topological polar surface area (TPSA) is 47.8 Å². The van der Waals surface area contributed by atoms with Gasteiger partial charge in [-0.05, 0) is 30.2 Å². The van der Waals surface area contributed by atoms with Crippen LogP contribution in [0.15, 0.2) is 34.6 Å². The molecule has 4 rings (SSSR count). The Bertz CT molecular complexity index is 910. The van der Waals surface area contributed by atoms with Crippen LogP contribution in [0.3, 0.4) is 0 Å². The third-order valence-electron chi connectivity index (χ3n) is 4.72. The molecule has 0 aliphatic heterocycles. The van der Waals surface area contributed by atoms with Gasteiger partial charge in [-0.25, -0.2) is 9.97 Å². The SMILES string of the molecule is O=c1c2ncsc2nc(CC2CCCCC2)n1-c1ccc(Cl)cc1. The van der Waals surface area contributed by atoms with Gasteiger partial charge in [-0.15, -0.1) is 11.3 Å². The van der Waals surface area contributed by atoms with Crippen LogP contribution in [0.2, 0.25) is 5.02 Å². The average Bonchev–Trinajstić information content (AvgIpc) is 3.06. The molecule has 0 unspecified atom stereocenters. The maximum absolute atomic E-state index is 13.0. The van der Waals surface area contributed by atoms with Gasteiger partial charge in [-0.2, -0.15) is 0 Å². The number of rotatable bonds is 3. The molecule has 0 saturated heterocycles. The number of benzene rings is 1. The summed E-state index contributed by atoms with van der Waals surface area (Å²) in [5.74, 6) is 1.44. The first kappa shape index (κ1) is 15.8. The van der Waals surface area contributed by atoms with Crippen molar-refractivity contribution in [2.24, 2.45) is 5.92 Å². The van der Waals surface area contributed by atoms with E-state index < -0.39 is 0 Å². The van der Waals surface area contributed by atoms with Crippen LogP contribution in [0.1, 0.15) is 37.9 Å². The zero-order chi connectivity index (χ0) is 16.5. The molecule has 0 atom stereocenters. The van der Waals surface area contributed by atoms with E-state index in [0.29, 0.717) is 16.5 Å². The molecule has 1 aromatic carbocycles. The molecule has 24 heavy (non-hydrogen) atoms. The van der Waals surface area contributed by atoms with Crippen molar-refractivity contribution in [1.82, 2.24) is 14.5 Å². The first-order chi connectivity index (χ1) is 11.7. The van der Waals surface area contributed by atoms with Crippen LogP contribution in [0, 0.1) is 5.92 Å². The normalized spacial score (nSPS) is 15.9. The Morgan fingerprint density at radius 2 is 1.92 bits per heavy atom. The van der Waals surface area contributed by atoms with Gasteiger partial charge in [-0.1, -0.05) is 43.7 Å². The second kappa shape index (κ2) is 6.65. The summed E-state index contributed by atoms with van der Waals surface area (Å²) in [7, 11) is 0. The molecule has 2 aromatic heterocycles. The van der Waals surface area contributed by atoms with Crippen molar-refractivity contribution in [3.05, 3.63) is 51.0 Å². The molecule has 0 spiro atoms. The van der Waals surface area contributed by atoms with Gasteiger partial charge in [0.15, 0.2) is 10.3 Å². The Hall–Kier alpha value is -1.72. The summed E-state index contributed by atoms with van der Waals surface area (Å²) < 4.78 is 1.72. The van der Waals surface area contributed by atoms with Crippen LogP contribution >= 0.6 is 22.9 Å². The van der Waals surface area contributed by atoms with E-state index in [1.54, 1.807) is 22.2 Å². The van der Waals surface area contributed by atoms with Gasteiger partial charge in [0.2, 0.25) is 0 Å². The first-order valence-corrected chi connectivity index (χ1v) is 9.59. The Morgan fingerprint density at radius 3 is 2.67 bits per heavy atom. The summed E-state index contributed by atoms with van der Waals surface area (Å²) in [6, 6.07) is 7.35. The average molecular weight is 360 g/mol. The summed E-state index contributed by atoms with van der Waals surface area (Å²) in [4.78, 5) is 22.7. The second-order valence-corrected chi connectivity index (χ2v) is 7.63. The number of hydrogen-bond donors (Lipinski definition) is 0. The lowest BCUT2D eigenvalue weighted by atomic mass is 9.87. The molecule has 124 valence electrons. The van der Waals surface area contributed by atoms with Crippen molar-refractivity contribution in [2.45, 2.75) is 38.5 Å². The quantitative estimate of drug-likeness (QED) is 0.685. The fourth-order valence-electron chi connectivity index (χ4n) is 3.50. The molecule has 0 bridgehead atoms. The number of fused-ring (bicyclic) bond motifs is 1. The van der Waals surface area contributed by atoms with Crippen molar-refractivity contribution in [3.63, 3.8) is 0 Å². The number of halogens is 1. The molecule has 0 radical (unpaired) electrons. The molecule has 3 aromatic rings. The summed E-state index contributed by atoms with van der Waals surface area (Å²) in [5, 5.41) is 0.656. The summed E-state index contributed by atoms with van der Waals surface area (Å²) in [6.07, 6.45) is 7.15. The van der Waals surface area contributed by atoms with Crippen LogP contribution in [0.25, 0.3) is 16.0 Å². The van der Waals surface area contributed by atoms with E-state index in [4.69, 9.17) is 16.6 Å². The zero-order valence-electron chi connectivity index (χ0n) is 13.2. The molecule has 2 heterocycles. The highest BCUT2D eigenvalue weighted by Gasteiger charge is 2.20. The van der Waals surface area contributed by atoms with E-state index in [-0.39, 0.29) is 5.56 Å². The Morgan fingerprint density at radius 1 is 1.17 bits per heavy atom. The summed E-state index contributed by atoms with van der Waals surface area (Å²) in [5.41, 5.74) is 2.85. The molecule has 4 nitrogen and oxygen atoms in total. The molecular formula is C18H18ClN3OS. The highest BCUT2D eigenvalue weighted by Crippen LogP contribution is 2.27. The maximum Gasteiger partial charge on any atom is 0.285 e. The largest absolute Gasteiger partial charge is 0.285 e. The number of aromatic nitrogens is 3. The van der Waals surface area contributed by atoms with E-state index in [9.17, 15) is 4.79 Å². The summed E-state index contributed by atoms with van der Waals surface area (Å²) in [6.45, 7) is 0. The van der Waals surface area contributed by atoms with Gasteiger partial charge in [0.05, 0.1) is 11.2 Å². The van der Waals surface area contributed by atoms with Crippen LogP contribution in [-0.4, -0.2) is 14.5 Å². The molecule has 1 aliphatic carbocycles. The molecule has 6 heteroatoms. The van der Waals surface area contributed by atoms with Gasteiger partial charge in [-0.3, -0.25) is 9.36 Å². The van der Waals surface area contributed by atoms with Crippen LogP contribution in [0.4, 0.5) is 0 Å². The smallest absolute Gasteiger partial charge is 0.266 e.